The zero-order chi connectivity index (χ0) is 13.3. The second-order valence-electron chi connectivity index (χ2n) is 5.27. The Balaban J connectivity index is 2.29. The second kappa shape index (κ2) is 4.81. The molecule has 1 N–H and O–H groups in total. The highest BCUT2D eigenvalue weighted by Crippen LogP contribution is 2.35. The third-order valence-electron chi connectivity index (χ3n) is 3.79. The molecule has 0 bridgehead atoms. The third kappa shape index (κ3) is 2.32. The van der Waals surface area contributed by atoms with Gasteiger partial charge in [0.15, 0.2) is 0 Å². The summed E-state index contributed by atoms with van der Waals surface area (Å²) in [4.78, 5) is 13.5. The number of hydrogen-bond acceptors (Lipinski definition) is 2. The SMILES string of the molecule is Cc1c(Cl)cccc1N1CCCC(C)(C(=O)O)C1. The average molecular weight is 268 g/mol. The highest BCUT2D eigenvalue weighted by Gasteiger charge is 2.38. The van der Waals surface area contributed by atoms with E-state index in [-0.39, 0.29) is 0 Å². The summed E-state index contributed by atoms with van der Waals surface area (Å²) in [5.74, 6) is -0.716. The quantitative estimate of drug-likeness (QED) is 0.893. The molecule has 98 valence electrons. The minimum absolute atomic E-state index is 0.545. The highest BCUT2D eigenvalue weighted by molar-refractivity contribution is 6.31. The molecular weight excluding hydrogens is 250 g/mol. The van der Waals surface area contributed by atoms with E-state index in [1.807, 2.05) is 32.0 Å². The van der Waals surface area contributed by atoms with E-state index in [9.17, 15) is 9.90 Å². The van der Waals surface area contributed by atoms with Gasteiger partial charge in [0.2, 0.25) is 0 Å². The van der Waals surface area contributed by atoms with Crippen molar-refractivity contribution in [2.24, 2.45) is 5.41 Å². The van der Waals surface area contributed by atoms with Gasteiger partial charge in [0.05, 0.1) is 5.41 Å². The smallest absolute Gasteiger partial charge is 0.311 e. The largest absolute Gasteiger partial charge is 0.481 e. The molecule has 0 amide bonds. The first-order valence-corrected chi connectivity index (χ1v) is 6.55. The van der Waals surface area contributed by atoms with Crippen molar-refractivity contribution in [2.75, 3.05) is 18.0 Å². The van der Waals surface area contributed by atoms with E-state index < -0.39 is 11.4 Å². The van der Waals surface area contributed by atoms with Crippen molar-refractivity contribution in [3.05, 3.63) is 28.8 Å². The van der Waals surface area contributed by atoms with Crippen LogP contribution in [0.2, 0.25) is 5.02 Å². The molecule has 1 fully saturated rings. The molecule has 2 rings (SSSR count). The maximum absolute atomic E-state index is 11.4. The summed E-state index contributed by atoms with van der Waals surface area (Å²) >= 11 is 6.12. The number of carboxylic acid groups (broad SMARTS) is 1. The van der Waals surface area contributed by atoms with E-state index in [0.29, 0.717) is 6.54 Å². The molecule has 0 radical (unpaired) electrons. The van der Waals surface area contributed by atoms with Gasteiger partial charge in [-0.05, 0) is 44.4 Å². The summed E-state index contributed by atoms with van der Waals surface area (Å²) in [5.41, 5.74) is 1.41. The first kappa shape index (κ1) is 13.2. The fourth-order valence-corrected chi connectivity index (χ4v) is 2.73. The number of anilines is 1. The molecular formula is C14H18ClNO2. The molecule has 1 aliphatic rings. The van der Waals surface area contributed by atoms with E-state index in [1.54, 1.807) is 0 Å². The fourth-order valence-electron chi connectivity index (χ4n) is 2.56. The number of rotatable bonds is 2. The Labute approximate surface area is 112 Å². The lowest BCUT2D eigenvalue weighted by Crippen LogP contribution is -2.46. The average Bonchev–Trinajstić information content (AvgIpc) is 2.32. The Hall–Kier alpha value is -1.22. The number of nitrogens with zero attached hydrogens (tertiary/aromatic N) is 1. The van der Waals surface area contributed by atoms with Gasteiger partial charge in [0.25, 0.3) is 0 Å². The van der Waals surface area contributed by atoms with Gasteiger partial charge in [-0.15, -0.1) is 0 Å². The third-order valence-corrected chi connectivity index (χ3v) is 4.20. The molecule has 1 aromatic rings. The van der Waals surface area contributed by atoms with Crippen molar-refractivity contribution in [1.82, 2.24) is 0 Å². The van der Waals surface area contributed by atoms with Gasteiger partial charge in [0, 0.05) is 23.8 Å². The maximum Gasteiger partial charge on any atom is 0.311 e. The predicted octanol–water partition coefficient (Wildman–Crippen LogP) is 3.34. The van der Waals surface area contributed by atoms with Crippen LogP contribution in [0.3, 0.4) is 0 Å². The molecule has 4 heteroatoms. The molecule has 0 spiro atoms. The number of benzene rings is 1. The Morgan fingerprint density at radius 1 is 1.50 bits per heavy atom. The summed E-state index contributed by atoms with van der Waals surface area (Å²) in [6.45, 7) is 5.24. The van der Waals surface area contributed by atoms with Crippen molar-refractivity contribution in [3.8, 4) is 0 Å². The van der Waals surface area contributed by atoms with Crippen LogP contribution in [0.5, 0.6) is 0 Å². The molecule has 0 saturated carbocycles. The van der Waals surface area contributed by atoms with E-state index >= 15 is 0 Å². The summed E-state index contributed by atoms with van der Waals surface area (Å²) in [6, 6.07) is 5.78. The van der Waals surface area contributed by atoms with Crippen molar-refractivity contribution in [1.29, 1.82) is 0 Å². The first-order chi connectivity index (χ1) is 8.44. The summed E-state index contributed by atoms with van der Waals surface area (Å²) < 4.78 is 0. The molecule has 3 nitrogen and oxygen atoms in total. The van der Waals surface area contributed by atoms with Crippen LogP contribution in [-0.4, -0.2) is 24.2 Å². The zero-order valence-electron chi connectivity index (χ0n) is 10.7. The lowest BCUT2D eigenvalue weighted by atomic mass is 9.81. The van der Waals surface area contributed by atoms with Crippen molar-refractivity contribution < 1.29 is 9.90 Å². The lowest BCUT2D eigenvalue weighted by molar-refractivity contribution is -0.148. The van der Waals surface area contributed by atoms with Crippen LogP contribution < -0.4 is 4.90 Å². The van der Waals surface area contributed by atoms with Crippen LogP contribution >= 0.6 is 11.6 Å². The van der Waals surface area contributed by atoms with Gasteiger partial charge in [-0.3, -0.25) is 4.79 Å². The van der Waals surface area contributed by atoms with Gasteiger partial charge in [-0.25, -0.2) is 0 Å². The molecule has 1 aliphatic heterocycles. The highest BCUT2D eigenvalue weighted by atomic mass is 35.5. The lowest BCUT2D eigenvalue weighted by Gasteiger charge is -2.39. The monoisotopic (exact) mass is 267 g/mol. The van der Waals surface area contributed by atoms with E-state index in [2.05, 4.69) is 4.90 Å². The number of carboxylic acids is 1. The topological polar surface area (TPSA) is 40.5 Å². The molecule has 1 aromatic carbocycles. The number of carbonyl (C=O) groups is 1. The molecule has 1 unspecified atom stereocenters. The molecule has 0 aliphatic carbocycles. The number of halogens is 1. The standard InChI is InChI=1S/C14H18ClNO2/c1-10-11(15)5-3-6-12(10)16-8-4-7-14(2,9-16)13(17)18/h3,5-6H,4,7-9H2,1-2H3,(H,17,18). The Bertz CT molecular complexity index is 475. The van der Waals surface area contributed by atoms with Gasteiger partial charge < -0.3 is 10.0 Å². The number of piperidine rings is 1. The van der Waals surface area contributed by atoms with Crippen LogP contribution in [0.4, 0.5) is 5.69 Å². The van der Waals surface area contributed by atoms with Crippen molar-refractivity contribution in [3.63, 3.8) is 0 Å². The normalized spacial score (nSPS) is 24.1. The first-order valence-electron chi connectivity index (χ1n) is 6.17. The van der Waals surface area contributed by atoms with Gasteiger partial charge in [-0.2, -0.15) is 0 Å². The summed E-state index contributed by atoms with van der Waals surface area (Å²) in [5, 5.41) is 10.1. The van der Waals surface area contributed by atoms with E-state index in [1.165, 1.54) is 0 Å². The van der Waals surface area contributed by atoms with Gasteiger partial charge in [-0.1, -0.05) is 17.7 Å². The summed E-state index contributed by atoms with van der Waals surface area (Å²) in [6.07, 6.45) is 1.63. The fraction of sp³-hybridized carbons (Fsp3) is 0.500. The Morgan fingerprint density at radius 3 is 2.89 bits per heavy atom. The molecule has 1 atom stereocenters. The minimum Gasteiger partial charge on any atom is -0.481 e. The zero-order valence-corrected chi connectivity index (χ0v) is 11.5. The molecule has 0 aromatic heterocycles. The van der Waals surface area contributed by atoms with Crippen LogP contribution in [0.25, 0.3) is 0 Å². The number of hydrogen-bond donors (Lipinski definition) is 1. The van der Waals surface area contributed by atoms with E-state index in [0.717, 1.165) is 35.7 Å². The Morgan fingerprint density at radius 2 is 2.22 bits per heavy atom. The van der Waals surface area contributed by atoms with Gasteiger partial charge in [0.1, 0.15) is 0 Å². The molecule has 1 heterocycles. The van der Waals surface area contributed by atoms with Crippen LogP contribution in [0.15, 0.2) is 18.2 Å². The molecule has 18 heavy (non-hydrogen) atoms. The number of aliphatic carboxylic acids is 1. The van der Waals surface area contributed by atoms with Crippen LogP contribution in [-0.2, 0) is 4.79 Å². The van der Waals surface area contributed by atoms with Crippen molar-refractivity contribution in [2.45, 2.75) is 26.7 Å². The van der Waals surface area contributed by atoms with Crippen LogP contribution in [0.1, 0.15) is 25.3 Å². The van der Waals surface area contributed by atoms with E-state index in [4.69, 9.17) is 11.6 Å². The predicted molar refractivity (Wildman–Crippen MR) is 73.4 cm³/mol. The van der Waals surface area contributed by atoms with Gasteiger partial charge >= 0.3 is 5.97 Å². The second-order valence-corrected chi connectivity index (χ2v) is 5.68. The van der Waals surface area contributed by atoms with Crippen molar-refractivity contribution >= 4 is 23.3 Å². The van der Waals surface area contributed by atoms with Crippen LogP contribution in [0, 0.1) is 12.3 Å². The maximum atomic E-state index is 11.4. The summed E-state index contributed by atoms with van der Waals surface area (Å²) in [7, 11) is 0. The Kier molecular flexibility index (Phi) is 3.53. The molecule has 1 saturated heterocycles. The minimum atomic E-state index is -0.716.